The van der Waals surface area contributed by atoms with Crippen LogP contribution >= 0.6 is 11.6 Å². The summed E-state index contributed by atoms with van der Waals surface area (Å²) in [6, 6.07) is 17.6. The van der Waals surface area contributed by atoms with Crippen molar-refractivity contribution >= 4 is 38.9 Å². The summed E-state index contributed by atoms with van der Waals surface area (Å²) >= 11 is 5.91. The van der Waals surface area contributed by atoms with E-state index in [0.29, 0.717) is 27.9 Å². The minimum Gasteiger partial charge on any atom is -0.497 e. The lowest BCUT2D eigenvalue weighted by Crippen LogP contribution is -2.38. The zero-order valence-electron chi connectivity index (χ0n) is 17.8. The van der Waals surface area contributed by atoms with Crippen molar-refractivity contribution in [1.82, 2.24) is 0 Å². The molecule has 0 heterocycles. The molecule has 0 bridgehead atoms. The highest BCUT2D eigenvalue weighted by molar-refractivity contribution is 7.92. The number of benzene rings is 3. The van der Waals surface area contributed by atoms with Crippen molar-refractivity contribution in [3.8, 4) is 11.5 Å². The zero-order valence-corrected chi connectivity index (χ0v) is 19.4. The maximum Gasteiger partial charge on any atom is 0.264 e. The van der Waals surface area contributed by atoms with Gasteiger partial charge in [0.1, 0.15) is 18.0 Å². The topological polar surface area (TPSA) is 84.9 Å². The summed E-state index contributed by atoms with van der Waals surface area (Å²) in [6.07, 6.45) is 0. The second-order valence-corrected chi connectivity index (χ2v) is 9.21. The van der Waals surface area contributed by atoms with Gasteiger partial charge in [0.05, 0.1) is 30.5 Å². The first-order valence-corrected chi connectivity index (χ1v) is 11.4. The molecular formula is C23H23ClN2O5S. The van der Waals surface area contributed by atoms with Crippen LogP contribution in [0.5, 0.6) is 11.5 Å². The van der Waals surface area contributed by atoms with Gasteiger partial charge in [0.2, 0.25) is 5.91 Å². The molecule has 0 saturated heterocycles. The monoisotopic (exact) mass is 474 g/mol. The van der Waals surface area contributed by atoms with Gasteiger partial charge in [0.15, 0.2) is 0 Å². The third-order valence-electron chi connectivity index (χ3n) is 4.69. The number of carbonyl (C=O) groups excluding carboxylic acids is 1. The number of carbonyl (C=O) groups is 1. The van der Waals surface area contributed by atoms with Crippen molar-refractivity contribution in [3.05, 3.63) is 77.3 Å². The van der Waals surface area contributed by atoms with E-state index in [-0.39, 0.29) is 4.90 Å². The van der Waals surface area contributed by atoms with Gasteiger partial charge in [-0.2, -0.15) is 0 Å². The molecule has 3 rings (SSSR count). The van der Waals surface area contributed by atoms with Crippen LogP contribution in [-0.4, -0.2) is 35.1 Å². The summed E-state index contributed by atoms with van der Waals surface area (Å²) in [5, 5.41) is 3.12. The quantitative estimate of drug-likeness (QED) is 0.519. The Bertz CT molecular complexity index is 1200. The van der Waals surface area contributed by atoms with Crippen molar-refractivity contribution in [2.24, 2.45) is 0 Å². The third-order valence-corrected chi connectivity index (χ3v) is 6.73. The molecule has 168 valence electrons. The molecule has 3 aromatic carbocycles. The molecule has 0 spiro atoms. The fourth-order valence-corrected chi connectivity index (χ4v) is 4.53. The number of nitrogens with zero attached hydrogens (tertiary/aromatic N) is 1. The SMILES string of the molecule is COc1ccc(NC(=O)CN(c2ccc(C)cc2)S(=O)(=O)c2ccc(Cl)cc2)c(OC)c1. The zero-order chi connectivity index (χ0) is 23.3. The molecule has 0 atom stereocenters. The third kappa shape index (κ3) is 5.33. The fraction of sp³-hybridized carbons (Fsp3) is 0.174. The molecule has 9 heteroatoms. The predicted octanol–water partition coefficient (Wildman–Crippen LogP) is 4.50. The van der Waals surface area contributed by atoms with Crippen molar-refractivity contribution < 1.29 is 22.7 Å². The Hall–Kier alpha value is -3.23. The van der Waals surface area contributed by atoms with Crippen LogP contribution in [-0.2, 0) is 14.8 Å². The standard InChI is InChI=1S/C23H23ClN2O5S/c1-16-4-8-18(9-5-16)26(32(28,29)20-11-6-17(24)7-12-20)15-23(27)25-21-13-10-19(30-2)14-22(21)31-3/h4-14H,15H2,1-3H3,(H,25,27). The van der Waals surface area contributed by atoms with E-state index < -0.39 is 22.5 Å². The number of hydrogen-bond donors (Lipinski definition) is 1. The normalized spacial score (nSPS) is 11.0. The molecule has 0 unspecified atom stereocenters. The minimum absolute atomic E-state index is 0.0253. The number of sulfonamides is 1. The number of amides is 1. The van der Waals surface area contributed by atoms with E-state index in [1.165, 1.54) is 38.5 Å². The molecule has 0 fully saturated rings. The number of methoxy groups -OCH3 is 2. The Labute approximate surface area is 192 Å². The van der Waals surface area contributed by atoms with Crippen LogP contribution in [0.2, 0.25) is 5.02 Å². The number of aryl methyl sites for hydroxylation is 1. The molecule has 32 heavy (non-hydrogen) atoms. The van der Waals surface area contributed by atoms with Crippen LogP contribution in [0.4, 0.5) is 11.4 Å². The van der Waals surface area contributed by atoms with E-state index in [1.54, 1.807) is 42.5 Å². The molecule has 7 nitrogen and oxygen atoms in total. The first kappa shape index (κ1) is 23.4. The maximum absolute atomic E-state index is 13.4. The highest BCUT2D eigenvalue weighted by atomic mass is 35.5. The van der Waals surface area contributed by atoms with Gasteiger partial charge >= 0.3 is 0 Å². The highest BCUT2D eigenvalue weighted by Crippen LogP contribution is 2.30. The van der Waals surface area contributed by atoms with Crippen molar-refractivity contribution in [1.29, 1.82) is 0 Å². The second kappa shape index (κ2) is 9.93. The number of anilines is 2. The van der Waals surface area contributed by atoms with Gasteiger partial charge in [-0.3, -0.25) is 9.10 Å². The molecule has 1 N–H and O–H groups in total. The summed E-state index contributed by atoms with van der Waals surface area (Å²) in [6.45, 7) is 1.45. The van der Waals surface area contributed by atoms with E-state index in [0.717, 1.165) is 9.87 Å². The largest absolute Gasteiger partial charge is 0.497 e. The van der Waals surface area contributed by atoms with E-state index >= 15 is 0 Å². The molecule has 0 aliphatic rings. The number of rotatable bonds is 8. The smallest absolute Gasteiger partial charge is 0.264 e. The van der Waals surface area contributed by atoms with Crippen LogP contribution < -0.4 is 19.1 Å². The Morgan fingerprint density at radius 3 is 2.22 bits per heavy atom. The molecule has 0 aliphatic heterocycles. The van der Waals surface area contributed by atoms with Crippen molar-refractivity contribution in [2.75, 3.05) is 30.4 Å². The molecule has 0 aromatic heterocycles. The van der Waals surface area contributed by atoms with Crippen molar-refractivity contribution in [2.45, 2.75) is 11.8 Å². The predicted molar refractivity (Wildman–Crippen MR) is 125 cm³/mol. The maximum atomic E-state index is 13.4. The van der Waals surface area contributed by atoms with E-state index in [4.69, 9.17) is 21.1 Å². The summed E-state index contributed by atoms with van der Waals surface area (Å²) < 4.78 is 38.3. The van der Waals surface area contributed by atoms with Gasteiger partial charge in [-0.1, -0.05) is 29.3 Å². The number of nitrogens with one attached hydrogen (secondary N) is 1. The Morgan fingerprint density at radius 1 is 0.969 bits per heavy atom. The number of ether oxygens (including phenoxy) is 2. The molecule has 0 aliphatic carbocycles. The first-order chi connectivity index (χ1) is 15.2. The van der Waals surface area contributed by atoms with Gasteiger partial charge < -0.3 is 14.8 Å². The van der Waals surface area contributed by atoms with Crippen LogP contribution in [0.1, 0.15) is 5.56 Å². The summed E-state index contributed by atoms with van der Waals surface area (Å²) in [7, 11) is -1.05. The average Bonchev–Trinajstić information content (AvgIpc) is 2.78. The lowest BCUT2D eigenvalue weighted by atomic mass is 10.2. The Balaban J connectivity index is 1.93. The molecule has 3 aromatic rings. The Morgan fingerprint density at radius 2 is 1.62 bits per heavy atom. The van der Waals surface area contributed by atoms with E-state index in [2.05, 4.69) is 5.32 Å². The molecule has 1 amide bonds. The van der Waals surface area contributed by atoms with E-state index in [9.17, 15) is 13.2 Å². The summed E-state index contributed by atoms with van der Waals surface area (Å²) in [4.78, 5) is 12.9. The van der Waals surface area contributed by atoms with Crippen LogP contribution in [0.15, 0.2) is 71.6 Å². The molecule has 0 radical (unpaired) electrons. The number of halogens is 1. The lowest BCUT2D eigenvalue weighted by molar-refractivity contribution is -0.114. The van der Waals surface area contributed by atoms with Crippen LogP contribution in [0, 0.1) is 6.92 Å². The van der Waals surface area contributed by atoms with Gasteiger partial charge in [-0.05, 0) is 55.5 Å². The first-order valence-electron chi connectivity index (χ1n) is 9.61. The highest BCUT2D eigenvalue weighted by Gasteiger charge is 2.27. The summed E-state index contributed by atoms with van der Waals surface area (Å²) in [5.74, 6) is 0.415. The second-order valence-electron chi connectivity index (χ2n) is 6.92. The fourth-order valence-electron chi connectivity index (χ4n) is 2.98. The molecular weight excluding hydrogens is 452 g/mol. The van der Waals surface area contributed by atoms with Crippen molar-refractivity contribution in [3.63, 3.8) is 0 Å². The lowest BCUT2D eigenvalue weighted by Gasteiger charge is -2.24. The van der Waals surface area contributed by atoms with Crippen LogP contribution in [0.3, 0.4) is 0 Å². The Kier molecular flexibility index (Phi) is 7.27. The van der Waals surface area contributed by atoms with Gasteiger partial charge in [0, 0.05) is 11.1 Å². The summed E-state index contributed by atoms with van der Waals surface area (Å²) in [5.41, 5.74) is 1.72. The van der Waals surface area contributed by atoms with Gasteiger partial charge in [-0.25, -0.2) is 8.42 Å². The van der Waals surface area contributed by atoms with E-state index in [1.807, 2.05) is 6.92 Å². The molecule has 0 saturated carbocycles. The average molecular weight is 475 g/mol. The van der Waals surface area contributed by atoms with Gasteiger partial charge in [-0.15, -0.1) is 0 Å². The van der Waals surface area contributed by atoms with Crippen LogP contribution in [0.25, 0.3) is 0 Å². The van der Waals surface area contributed by atoms with Gasteiger partial charge in [0.25, 0.3) is 10.0 Å². The number of hydrogen-bond acceptors (Lipinski definition) is 5. The minimum atomic E-state index is -4.03.